The van der Waals surface area contributed by atoms with Gasteiger partial charge in [0.2, 0.25) is 0 Å². The molecule has 0 heterocycles. The second-order valence-electron chi connectivity index (χ2n) is 4.07. The summed E-state index contributed by atoms with van der Waals surface area (Å²) in [5.74, 6) is 0. The van der Waals surface area contributed by atoms with Crippen LogP contribution in [0.2, 0.25) is 0 Å². The predicted octanol–water partition coefficient (Wildman–Crippen LogP) is 4.93. The average Bonchev–Trinajstić information content (AvgIpc) is 2.99. The number of rotatable bonds is 5. The van der Waals surface area contributed by atoms with Gasteiger partial charge in [-0.3, -0.25) is 0 Å². The maximum absolute atomic E-state index is 2.25. The zero-order valence-corrected chi connectivity index (χ0v) is 11.7. The van der Waals surface area contributed by atoms with Gasteiger partial charge in [-0.05, 0) is 0 Å². The topological polar surface area (TPSA) is 0 Å². The van der Waals surface area contributed by atoms with Crippen LogP contribution in [0.3, 0.4) is 0 Å². The van der Waals surface area contributed by atoms with Gasteiger partial charge in [-0.15, -0.1) is 0 Å². The van der Waals surface area contributed by atoms with Crippen LogP contribution in [0.1, 0.15) is 38.2 Å². The Morgan fingerprint density at radius 3 is 1.82 bits per heavy atom. The van der Waals surface area contributed by atoms with E-state index in [1.165, 1.54) is 37.7 Å². The largest absolute Gasteiger partial charge is 0.748 e. The summed E-state index contributed by atoms with van der Waals surface area (Å²) in [7, 11) is 0. The molecule has 2 aromatic carbocycles. The quantitative estimate of drug-likeness (QED) is 0.410. The fourth-order valence-corrected chi connectivity index (χ4v) is 1.66. The van der Waals surface area contributed by atoms with Crippen molar-refractivity contribution >= 4 is 0 Å². The molecule has 0 atom stereocenters. The van der Waals surface area contributed by atoms with Crippen molar-refractivity contribution in [1.29, 1.82) is 0 Å². The second kappa shape index (κ2) is 11.7. The molecule has 1 heteroatoms. The van der Waals surface area contributed by atoms with E-state index in [1.807, 2.05) is 30.3 Å². The van der Waals surface area contributed by atoms with Crippen molar-refractivity contribution in [3.63, 3.8) is 0 Å². The van der Waals surface area contributed by atoms with Gasteiger partial charge < -0.3 is 30.3 Å². The van der Waals surface area contributed by atoms with Crippen LogP contribution in [0, 0.1) is 0 Å². The van der Waals surface area contributed by atoms with E-state index in [4.69, 9.17) is 0 Å². The number of hydrogen-bond donors (Lipinski definition) is 0. The van der Waals surface area contributed by atoms with Crippen LogP contribution in [0.5, 0.6) is 0 Å². The Labute approximate surface area is 116 Å². The third kappa shape index (κ3) is 8.97. The number of aryl methyl sites for hydroxylation is 1. The average molecular weight is 270 g/mol. The molecule has 2 rings (SSSR count). The zero-order chi connectivity index (χ0) is 11.5. The first-order chi connectivity index (χ1) is 7.93. The van der Waals surface area contributed by atoms with Crippen LogP contribution in [0.25, 0.3) is 0 Å². The molecule has 100 valence electrons. The fraction of sp³-hybridized carbons (Fsp3) is 0.375. The van der Waals surface area contributed by atoms with Gasteiger partial charge in [0.15, 0.2) is 0 Å². The molecule has 0 spiro atoms. The first-order valence-electron chi connectivity index (χ1n) is 6.30. The van der Waals surface area contributed by atoms with Gasteiger partial charge in [0.1, 0.15) is 0 Å². The van der Waals surface area contributed by atoms with Gasteiger partial charge in [0, 0.05) is 17.1 Å². The smallest absolute Gasteiger partial charge is 0 e. The molecule has 0 saturated heterocycles. The van der Waals surface area contributed by atoms with Crippen LogP contribution >= 0.6 is 0 Å². The van der Waals surface area contributed by atoms with Crippen LogP contribution in [-0.4, -0.2) is 0 Å². The van der Waals surface area contributed by atoms with Gasteiger partial charge in [0.25, 0.3) is 0 Å². The Hall–Kier alpha value is -0.781. The molecule has 0 aliphatic rings. The van der Waals surface area contributed by atoms with Crippen molar-refractivity contribution < 1.29 is 17.1 Å². The molecule has 0 aliphatic heterocycles. The summed E-state index contributed by atoms with van der Waals surface area (Å²) in [5.41, 5.74) is 1.50. The predicted molar refractivity (Wildman–Crippen MR) is 71.9 cm³/mol. The summed E-state index contributed by atoms with van der Waals surface area (Å²) >= 11 is 0. The van der Waals surface area contributed by atoms with Gasteiger partial charge in [-0.25, -0.2) is 12.1 Å². The molecule has 0 aliphatic carbocycles. The van der Waals surface area contributed by atoms with E-state index in [0.29, 0.717) is 0 Å². The Morgan fingerprint density at radius 2 is 1.35 bits per heavy atom. The number of unbranched alkanes of at least 4 members (excludes halogenated alkanes) is 3. The van der Waals surface area contributed by atoms with Gasteiger partial charge in [-0.1, -0.05) is 39.0 Å². The zero-order valence-electron chi connectivity index (χ0n) is 10.6. The molecule has 0 saturated carbocycles. The molecule has 0 amide bonds. The Balaban J connectivity index is 0.000000360. The Bertz CT molecular complexity index is 288. The van der Waals surface area contributed by atoms with Crippen molar-refractivity contribution in [1.82, 2.24) is 0 Å². The minimum Gasteiger partial charge on any atom is -0.748 e. The van der Waals surface area contributed by atoms with E-state index in [0.717, 1.165) is 0 Å². The van der Waals surface area contributed by atoms with Gasteiger partial charge in [-0.2, -0.15) is 17.7 Å². The van der Waals surface area contributed by atoms with Crippen molar-refractivity contribution in [3.8, 4) is 0 Å². The summed E-state index contributed by atoms with van der Waals surface area (Å²) in [6, 6.07) is 18.7. The molecule has 0 bridgehead atoms. The molecular weight excluding hydrogens is 248 g/mol. The maximum Gasteiger partial charge on any atom is 0 e. The van der Waals surface area contributed by atoms with Crippen molar-refractivity contribution in [3.05, 3.63) is 60.2 Å². The maximum atomic E-state index is 2.25. The van der Waals surface area contributed by atoms with Crippen LogP contribution in [-0.2, 0) is 23.5 Å². The van der Waals surface area contributed by atoms with Crippen LogP contribution in [0.4, 0.5) is 0 Å². The normalized spacial score (nSPS) is 9.00. The van der Waals surface area contributed by atoms with E-state index < -0.39 is 0 Å². The second-order valence-corrected chi connectivity index (χ2v) is 4.07. The summed E-state index contributed by atoms with van der Waals surface area (Å²) in [5, 5.41) is 0. The summed E-state index contributed by atoms with van der Waals surface area (Å²) in [6.07, 6.45) is 6.74. The summed E-state index contributed by atoms with van der Waals surface area (Å²) in [4.78, 5) is 0. The standard InChI is InChI=1S/C11H17.C5H5.Fe/c1-2-3-4-5-8-11-9-6-7-10-11;1-2-4-5-3-1;/h6-7,9-10H,2-5,8H2,1H3;1-5H;/q-1;-5;. The van der Waals surface area contributed by atoms with E-state index >= 15 is 0 Å². The van der Waals surface area contributed by atoms with E-state index in [-0.39, 0.29) is 17.1 Å². The van der Waals surface area contributed by atoms with Gasteiger partial charge in [0.05, 0.1) is 0 Å². The van der Waals surface area contributed by atoms with Crippen molar-refractivity contribution in [2.45, 2.75) is 39.0 Å². The third-order valence-electron chi connectivity index (χ3n) is 2.61. The van der Waals surface area contributed by atoms with E-state index in [2.05, 4.69) is 31.2 Å². The van der Waals surface area contributed by atoms with E-state index in [9.17, 15) is 0 Å². The van der Waals surface area contributed by atoms with Gasteiger partial charge >= 0.3 is 0 Å². The Kier molecular flexibility index (Phi) is 11.2. The van der Waals surface area contributed by atoms with Crippen molar-refractivity contribution in [2.75, 3.05) is 0 Å². The van der Waals surface area contributed by atoms with Crippen LogP contribution < -0.4 is 0 Å². The first-order valence-corrected chi connectivity index (χ1v) is 6.30. The third-order valence-corrected chi connectivity index (χ3v) is 2.61. The van der Waals surface area contributed by atoms with E-state index in [1.54, 1.807) is 0 Å². The molecule has 0 nitrogen and oxygen atoms in total. The molecule has 0 radical (unpaired) electrons. The summed E-state index contributed by atoms with van der Waals surface area (Å²) in [6.45, 7) is 2.25. The molecule has 17 heavy (non-hydrogen) atoms. The SMILES string of the molecule is CCCCCC[c-]1cccc1.[Fe].[cH-]1[cH-][cH-][cH-][cH-]1. The molecule has 0 N–H and O–H groups in total. The minimum absolute atomic E-state index is 0. The molecule has 0 fully saturated rings. The van der Waals surface area contributed by atoms with Crippen LogP contribution in [0.15, 0.2) is 54.6 Å². The summed E-state index contributed by atoms with van der Waals surface area (Å²) < 4.78 is 0. The molecule has 2 aromatic rings. The minimum atomic E-state index is 0. The number of hydrogen-bond acceptors (Lipinski definition) is 0. The Morgan fingerprint density at radius 1 is 0.824 bits per heavy atom. The molecule has 0 unspecified atom stereocenters. The molecular formula is C16H22Fe-6. The fourth-order valence-electron chi connectivity index (χ4n) is 1.66. The van der Waals surface area contributed by atoms with Crippen molar-refractivity contribution in [2.24, 2.45) is 0 Å². The molecule has 0 aromatic heterocycles. The monoisotopic (exact) mass is 270 g/mol. The first kappa shape index (κ1) is 16.2.